The van der Waals surface area contributed by atoms with E-state index in [-0.39, 0.29) is 13.0 Å². The molecule has 0 spiro atoms. The van der Waals surface area contributed by atoms with Crippen molar-refractivity contribution in [1.82, 2.24) is 10.2 Å². The summed E-state index contributed by atoms with van der Waals surface area (Å²) in [5.74, 6) is -2.16. The van der Waals surface area contributed by atoms with Gasteiger partial charge in [-0.05, 0) is 52.2 Å². The summed E-state index contributed by atoms with van der Waals surface area (Å²) in [4.78, 5) is 13.1. The van der Waals surface area contributed by atoms with Crippen molar-refractivity contribution in [2.75, 3.05) is 26.2 Å². The van der Waals surface area contributed by atoms with Gasteiger partial charge in [0.05, 0.1) is 5.92 Å². The number of likely N-dealkylation sites (tertiary alicyclic amines) is 1. The van der Waals surface area contributed by atoms with Gasteiger partial charge in [-0.25, -0.2) is 0 Å². The van der Waals surface area contributed by atoms with Crippen LogP contribution in [0.25, 0.3) is 0 Å². The number of nitrogens with zero attached hydrogens (tertiary/aromatic N) is 1. The first-order valence-corrected chi connectivity index (χ1v) is 7.46. The lowest BCUT2D eigenvalue weighted by Gasteiger charge is -2.34. The molecule has 0 bridgehead atoms. The second-order valence-electron chi connectivity index (χ2n) is 5.95. The molecule has 1 heterocycles. The highest BCUT2D eigenvalue weighted by atomic mass is 19.4. The van der Waals surface area contributed by atoms with Crippen molar-refractivity contribution in [3.63, 3.8) is 0 Å². The van der Waals surface area contributed by atoms with E-state index in [9.17, 15) is 23.1 Å². The molecule has 0 amide bonds. The van der Waals surface area contributed by atoms with Crippen molar-refractivity contribution in [3.8, 4) is 0 Å². The zero-order valence-electron chi connectivity index (χ0n) is 12.7. The summed E-state index contributed by atoms with van der Waals surface area (Å²) in [7, 11) is 0. The number of hydrogen-bond donors (Lipinski definition) is 2. The number of likely N-dealkylation sites (N-methyl/N-ethyl adjacent to an activating group) is 1. The molecule has 7 heteroatoms. The maximum absolute atomic E-state index is 12.7. The van der Waals surface area contributed by atoms with Crippen LogP contribution in [0.3, 0.4) is 0 Å². The first-order chi connectivity index (χ1) is 9.69. The summed E-state index contributed by atoms with van der Waals surface area (Å²) >= 11 is 0. The van der Waals surface area contributed by atoms with Gasteiger partial charge in [-0.2, -0.15) is 13.2 Å². The highest BCUT2D eigenvalue weighted by Gasteiger charge is 2.41. The molecule has 0 saturated carbocycles. The maximum atomic E-state index is 12.7. The van der Waals surface area contributed by atoms with E-state index in [0.29, 0.717) is 38.9 Å². The number of carboxylic acids is 1. The fourth-order valence-corrected chi connectivity index (χ4v) is 2.84. The van der Waals surface area contributed by atoms with Crippen LogP contribution in [0.15, 0.2) is 0 Å². The topological polar surface area (TPSA) is 52.6 Å². The van der Waals surface area contributed by atoms with Crippen molar-refractivity contribution in [3.05, 3.63) is 0 Å². The summed E-state index contributed by atoms with van der Waals surface area (Å²) < 4.78 is 38.2. The third-order valence-electron chi connectivity index (χ3n) is 4.16. The Balaban J connectivity index is 2.43. The summed E-state index contributed by atoms with van der Waals surface area (Å²) in [6.07, 6.45) is -2.40. The van der Waals surface area contributed by atoms with Gasteiger partial charge in [0.25, 0.3) is 0 Å². The lowest BCUT2D eigenvalue weighted by molar-refractivity contribution is -0.186. The second-order valence-corrected chi connectivity index (χ2v) is 5.95. The molecule has 2 N–H and O–H groups in total. The Morgan fingerprint density at radius 2 is 2.10 bits per heavy atom. The SMILES string of the molecule is CCNC(C)(CCCN1CCCC(C(F)(F)F)C1)C(=O)O. The second kappa shape index (κ2) is 7.45. The molecule has 1 rings (SSSR count). The van der Waals surface area contributed by atoms with E-state index >= 15 is 0 Å². The molecule has 1 aliphatic rings. The summed E-state index contributed by atoms with van der Waals surface area (Å²) in [5.41, 5.74) is -1.01. The number of rotatable bonds is 7. The van der Waals surface area contributed by atoms with E-state index in [1.807, 2.05) is 6.92 Å². The molecule has 124 valence electrons. The minimum Gasteiger partial charge on any atom is -0.480 e. The Labute approximate surface area is 123 Å². The van der Waals surface area contributed by atoms with Gasteiger partial charge in [0, 0.05) is 6.54 Å². The Hall–Kier alpha value is -0.820. The van der Waals surface area contributed by atoms with Crippen LogP contribution >= 0.6 is 0 Å². The molecule has 0 radical (unpaired) electrons. The van der Waals surface area contributed by atoms with E-state index < -0.39 is 23.6 Å². The van der Waals surface area contributed by atoms with E-state index in [1.54, 1.807) is 11.8 Å². The van der Waals surface area contributed by atoms with Crippen LogP contribution in [0.5, 0.6) is 0 Å². The predicted octanol–water partition coefficient (Wildman–Crippen LogP) is 2.49. The number of hydrogen-bond acceptors (Lipinski definition) is 3. The fourth-order valence-electron chi connectivity index (χ4n) is 2.84. The van der Waals surface area contributed by atoms with Gasteiger partial charge in [0.2, 0.25) is 0 Å². The summed E-state index contributed by atoms with van der Waals surface area (Å²) in [5, 5.41) is 12.2. The van der Waals surface area contributed by atoms with Gasteiger partial charge < -0.3 is 15.3 Å². The van der Waals surface area contributed by atoms with Crippen molar-refractivity contribution < 1.29 is 23.1 Å². The number of nitrogens with one attached hydrogen (secondary N) is 1. The van der Waals surface area contributed by atoms with Crippen LogP contribution in [-0.4, -0.2) is 53.9 Å². The fraction of sp³-hybridized carbons (Fsp3) is 0.929. The molecule has 1 saturated heterocycles. The molecule has 0 aliphatic carbocycles. The normalized spacial score (nSPS) is 23.8. The Morgan fingerprint density at radius 1 is 1.43 bits per heavy atom. The first-order valence-electron chi connectivity index (χ1n) is 7.46. The number of carboxylic acid groups (broad SMARTS) is 1. The Kier molecular flexibility index (Phi) is 6.46. The molecule has 1 fully saturated rings. The van der Waals surface area contributed by atoms with Crippen LogP contribution in [-0.2, 0) is 4.79 Å². The van der Waals surface area contributed by atoms with E-state index in [2.05, 4.69) is 5.32 Å². The monoisotopic (exact) mass is 310 g/mol. The molecule has 1 aliphatic heterocycles. The number of piperidine rings is 1. The number of aliphatic carboxylic acids is 1. The standard InChI is InChI=1S/C14H25F3N2O2/c1-3-18-13(2,12(20)21)7-5-9-19-8-4-6-11(10-19)14(15,16)17/h11,18H,3-10H2,1-2H3,(H,20,21). The zero-order chi connectivity index (χ0) is 16.1. The van der Waals surface area contributed by atoms with Crippen LogP contribution in [0.2, 0.25) is 0 Å². The largest absolute Gasteiger partial charge is 0.480 e. The smallest absolute Gasteiger partial charge is 0.393 e. The highest BCUT2D eigenvalue weighted by Crippen LogP contribution is 2.33. The van der Waals surface area contributed by atoms with Crippen LogP contribution < -0.4 is 5.32 Å². The molecule has 0 aromatic rings. The number of alkyl halides is 3. The predicted molar refractivity (Wildman–Crippen MR) is 74.2 cm³/mol. The molecule has 4 nitrogen and oxygen atoms in total. The molecule has 0 aromatic carbocycles. The Bertz CT molecular complexity index is 350. The third kappa shape index (κ3) is 5.47. The molecule has 21 heavy (non-hydrogen) atoms. The van der Waals surface area contributed by atoms with E-state index in [4.69, 9.17) is 0 Å². The van der Waals surface area contributed by atoms with Gasteiger partial charge in [-0.3, -0.25) is 4.79 Å². The van der Waals surface area contributed by atoms with Gasteiger partial charge in [0.15, 0.2) is 0 Å². The maximum Gasteiger partial charge on any atom is 0.393 e. The van der Waals surface area contributed by atoms with Gasteiger partial charge in [-0.1, -0.05) is 6.92 Å². The van der Waals surface area contributed by atoms with Crippen LogP contribution in [0, 0.1) is 5.92 Å². The number of halogens is 3. The highest BCUT2D eigenvalue weighted by molar-refractivity contribution is 5.78. The van der Waals surface area contributed by atoms with Gasteiger partial charge in [0.1, 0.15) is 5.54 Å². The van der Waals surface area contributed by atoms with Gasteiger partial charge in [-0.15, -0.1) is 0 Å². The molecule has 0 aromatic heterocycles. The molecule has 2 unspecified atom stereocenters. The lowest BCUT2D eigenvalue weighted by atomic mass is 9.94. The average Bonchev–Trinajstić information content (AvgIpc) is 2.38. The lowest BCUT2D eigenvalue weighted by Crippen LogP contribution is -2.50. The van der Waals surface area contributed by atoms with Crippen molar-refractivity contribution >= 4 is 5.97 Å². The first kappa shape index (κ1) is 18.2. The van der Waals surface area contributed by atoms with Crippen LogP contribution in [0.4, 0.5) is 13.2 Å². The molecular weight excluding hydrogens is 285 g/mol. The molecule has 2 atom stereocenters. The van der Waals surface area contributed by atoms with E-state index in [1.165, 1.54) is 0 Å². The summed E-state index contributed by atoms with van der Waals surface area (Å²) in [6.45, 7) is 5.21. The van der Waals surface area contributed by atoms with Crippen molar-refractivity contribution in [2.45, 2.75) is 51.2 Å². The number of carbonyl (C=O) groups is 1. The quantitative estimate of drug-likeness (QED) is 0.758. The minimum atomic E-state index is -4.13. The average molecular weight is 310 g/mol. The Morgan fingerprint density at radius 3 is 2.62 bits per heavy atom. The van der Waals surface area contributed by atoms with Crippen molar-refractivity contribution in [1.29, 1.82) is 0 Å². The third-order valence-corrected chi connectivity index (χ3v) is 4.16. The van der Waals surface area contributed by atoms with Crippen molar-refractivity contribution in [2.24, 2.45) is 5.92 Å². The minimum absolute atomic E-state index is 0.0362. The van der Waals surface area contributed by atoms with E-state index in [0.717, 1.165) is 0 Å². The molecular formula is C14H25F3N2O2. The summed E-state index contributed by atoms with van der Waals surface area (Å²) in [6, 6.07) is 0. The zero-order valence-corrected chi connectivity index (χ0v) is 12.7. The van der Waals surface area contributed by atoms with Crippen LogP contribution in [0.1, 0.15) is 39.5 Å². The van der Waals surface area contributed by atoms with Gasteiger partial charge >= 0.3 is 12.1 Å².